The molecule has 0 saturated heterocycles. The highest BCUT2D eigenvalue weighted by Gasteiger charge is 2.19. The maximum absolute atomic E-state index is 11.7. The van der Waals surface area contributed by atoms with Crippen molar-refractivity contribution < 1.29 is 14.3 Å². The average Bonchev–Trinajstić information content (AvgIpc) is 2.96. The number of nitrogens with two attached hydrogens (primary N) is 2. The normalized spacial score (nSPS) is 14.1. The van der Waals surface area contributed by atoms with E-state index >= 15 is 0 Å². The smallest absolute Gasteiger partial charge is 0.350 e. The average molecular weight is 332 g/mol. The largest absolute Gasteiger partial charge is 0.472 e. The first-order valence-electron chi connectivity index (χ1n) is 7.25. The molecular weight excluding hydrogens is 312 g/mol. The molecule has 0 atom stereocenters. The fourth-order valence-corrected chi connectivity index (χ4v) is 2.15. The van der Waals surface area contributed by atoms with Gasteiger partial charge in [-0.05, 0) is 25.0 Å². The van der Waals surface area contributed by atoms with Gasteiger partial charge in [-0.2, -0.15) is 0 Å². The number of urea groups is 1. The van der Waals surface area contributed by atoms with Gasteiger partial charge in [0.1, 0.15) is 6.61 Å². The van der Waals surface area contributed by atoms with Gasteiger partial charge in [0.05, 0.1) is 5.70 Å². The monoisotopic (exact) mass is 332 g/mol. The van der Waals surface area contributed by atoms with Gasteiger partial charge < -0.3 is 4.74 Å². The Balaban J connectivity index is 2.26. The molecule has 128 valence electrons. The number of rotatable bonds is 4. The Morgan fingerprint density at radius 2 is 2.25 bits per heavy atom. The van der Waals surface area contributed by atoms with Crippen LogP contribution in [0, 0.1) is 0 Å². The number of nitrogens with zero attached hydrogens (tertiary/aromatic N) is 3. The summed E-state index contributed by atoms with van der Waals surface area (Å²) in [6.07, 6.45) is 7.81. The van der Waals surface area contributed by atoms with Gasteiger partial charge in [0.15, 0.2) is 0 Å². The molecule has 0 aromatic carbocycles. The fraction of sp³-hybridized carbons (Fsp3) is 0.267. The predicted octanol–water partition coefficient (Wildman–Crippen LogP) is 0.841. The first kappa shape index (κ1) is 17.4. The molecule has 1 aliphatic carbocycles. The molecule has 1 aromatic heterocycles. The van der Waals surface area contributed by atoms with Crippen LogP contribution in [-0.2, 0) is 0 Å². The number of allylic oxidation sites excluding steroid dienone is 3. The Morgan fingerprint density at radius 3 is 2.88 bits per heavy atom. The van der Waals surface area contributed by atoms with E-state index in [4.69, 9.17) is 16.4 Å². The molecule has 0 saturated carbocycles. The molecule has 0 bridgehead atoms. The lowest BCUT2D eigenvalue weighted by Gasteiger charge is -2.21. The third kappa shape index (κ3) is 3.89. The summed E-state index contributed by atoms with van der Waals surface area (Å²) in [5.74, 6) is 11.0. The molecule has 5 N–H and O–H groups in total. The highest BCUT2D eigenvalue weighted by molar-refractivity contribution is 5.76. The van der Waals surface area contributed by atoms with Crippen LogP contribution in [0.2, 0.25) is 0 Å². The van der Waals surface area contributed by atoms with Crippen molar-refractivity contribution in [2.75, 3.05) is 6.61 Å². The number of hydrazine groups is 2. The van der Waals surface area contributed by atoms with E-state index < -0.39 is 6.03 Å². The van der Waals surface area contributed by atoms with Crippen molar-refractivity contribution in [3.05, 3.63) is 47.3 Å². The quantitative estimate of drug-likeness (QED) is 0.426. The van der Waals surface area contributed by atoms with Crippen LogP contribution in [0.15, 0.2) is 47.3 Å². The summed E-state index contributed by atoms with van der Waals surface area (Å²) >= 11 is 0. The highest BCUT2D eigenvalue weighted by atomic mass is 16.5. The lowest BCUT2D eigenvalue weighted by molar-refractivity contribution is 0.0919. The van der Waals surface area contributed by atoms with Gasteiger partial charge in [-0.3, -0.25) is 10.2 Å². The molecule has 2 amide bonds. The lowest BCUT2D eigenvalue weighted by Crippen LogP contribution is -2.47. The van der Waals surface area contributed by atoms with Gasteiger partial charge in [0.25, 0.3) is 0 Å². The summed E-state index contributed by atoms with van der Waals surface area (Å²) in [7, 11) is 0. The summed E-state index contributed by atoms with van der Waals surface area (Å²) in [6, 6.07) is 0.933. The van der Waals surface area contributed by atoms with E-state index in [0.29, 0.717) is 23.6 Å². The predicted molar refractivity (Wildman–Crippen MR) is 87.3 cm³/mol. The number of hydrogen-bond acceptors (Lipinski definition) is 6. The molecule has 24 heavy (non-hydrogen) atoms. The molecule has 0 radical (unpaired) electrons. The van der Waals surface area contributed by atoms with Crippen LogP contribution in [-0.4, -0.2) is 33.3 Å². The Kier molecular flexibility index (Phi) is 5.51. The Hall–Kier alpha value is -2.91. The Labute approximate surface area is 139 Å². The lowest BCUT2D eigenvalue weighted by atomic mass is 10.1. The SMILES string of the molecule is CC(=O)n1ccc(OCC2=C(N(N)C(=O)NN)C=CCC=C2C)n1. The van der Waals surface area contributed by atoms with Crippen molar-refractivity contribution in [2.24, 2.45) is 11.7 Å². The standard InChI is InChI=1S/C15H20N6O3/c1-10-5-3-4-6-13(21(17)15(23)18-16)12(10)9-24-14-7-8-20(19-14)11(2)22/h4-8H,3,9,16-17H2,1-2H3,(H,18,23). The van der Waals surface area contributed by atoms with Gasteiger partial charge in [-0.1, -0.05) is 12.2 Å². The third-order valence-corrected chi connectivity index (χ3v) is 3.47. The van der Waals surface area contributed by atoms with Crippen molar-refractivity contribution in [2.45, 2.75) is 20.3 Å². The molecule has 0 unspecified atom stereocenters. The van der Waals surface area contributed by atoms with Gasteiger partial charge in [0, 0.05) is 24.8 Å². The first-order chi connectivity index (χ1) is 11.4. The fourth-order valence-electron chi connectivity index (χ4n) is 2.15. The minimum atomic E-state index is -0.650. The second-order valence-electron chi connectivity index (χ2n) is 5.11. The van der Waals surface area contributed by atoms with Crippen molar-refractivity contribution >= 4 is 11.9 Å². The maximum atomic E-state index is 11.7. The molecular formula is C15H20N6O3. The second-order valence-corrected chi connectivity index (χ2v) is 5.11. The number of hydrogen-bond donors (Lipinski definition) is 3. The van der Waals surface area contributed by atoms with Crippen LogP contribution in [0.1, 0.15) is 25.1 Å². The van der Waals surface area contributed by atoms with Crippen LogP contribution in [0.3, 0.4) is 0 Å². The van der Waals surface area contributed by atoms with E-state index in [2.05, 4.69) is 5.10 Å². The van der Waals surface area contributed by atoms with Gasteiger partial charge in [0.2, 0.25) is 11.8 Å². The van der Waals surface area contributed by atoms with E-state index in [9.17, 15) is 9.59 Å². The molecule has 1 aliphatic rings. The van der Waals surface area contributed by atoms with E-state index in [1.807, 2.05) is 24.5 Å². The van der Waals surface area contributed by atoms with E-state index in [1.165, 1.54) is 17.8 Å². The van der Waals surface area contributed by atoms with Crippen LogP contribution >= 0.6 is 0 Å². The Bertz CT molecular complexity index is 731. The summed E-state index contributed by atoms with van der Waals surface area (Å²) < 4.78 is 6.81. The second kappa shape index (κ2) is 7.57. The summed E-state index contributed by atoms with van der Waals surface area (Å²) in [6.45, 7) is 3.43. The zero-order valence-electron chi connectivity index (χ0n) is 13.5. The van der Waals surface area contributed by atoms with Crippen LogP contribution in [0.5, 0.6) is 5.88 Å². The molecule has 2 rings (SSSR count). The van der Waals surface area contributed by atoms with Gasteiger partial charge in [-0.15, -0.1) is 5.10 Å². The van der Waals surface area contributed by atoms with Gasteiger partial charge in [-0.25, -0.2) is 26.2 Å². The third-order valence-electron chi connectivity index (χ3n) is 3.47. The van der Waals surface area contributed by atoms with Crippen LogP contribution < -0.4 is 21.8 Å². The minimum Gasteiger partial charge on any atom is -0.472 e. The summed E-state index contributed by atoms with van der Waals surface area (Å²) in [4.78, 5) is 23.0. The van der Waals surface area contributed by atoms with E-state index in [-0.39, 0.29) is 12.5 Å². The van der Waals surface area contributed by atoms with Crippen molar-refractivity contribution in [3.63, 3.8) is 0 Å². The number of amides is 2. The number of carbonyl (C=O) groups excluding carboxylic acids is 2. The number of carbonyl (C=O) groups is 2. The Morgan fingerprint density at radius 1 is 1.50 bits per heavy atom. The molecule has 0 spiro atoms. The molecule has 9 heteroatoms. The first-order valence-corrected chi connectivity index (χ1v) is 7.25. The van der Waals surface area contributed by atoms with Crippen molar-refractivity contribution in [1.29, 1.82) is 0 Å². The summed E-state index contributed by atoms with van der Waals surface area (Å²) in [5.41, 5.74) is 4.09. The number of aromatic nitrogens is 2. The number of ether oxygens (including phenoxy) is 1. The maximum Gasteiger partial charge on any atom is 0.350 e. The summed E-state index contributed by atoms with van der Waals surface area (Å²) in [5, 5.41) is 4.93. The number of nitrogens with one attached hydrogen (secondary N) is 1. The molecule has 1 heterocycles. The molecule has 0 aliphatic heterocycles. The topological polar surface area (TPSA) is 128 Å². The minimum absolute atomic E-state index is 0.127. The van der Waals surface area contributed by atoms with Gasteiger partial charge >= 0.3 is 6.03 Å². The van der Waals surface area contributed by atoms with E-state index in [1.54, 1.807) is 12.1 Å². The zero-order valence-corrected chi connectivity index (χ0v) is 13.5. The van der Waals surface area contributed by atoms with Crippen LogP contribution in [0.4, 0.5) is 4.79 Å². The van der Waals surface area contributed by atoms with Crippen molar-refractivity contribution in [1.82, 2.24) is 20.2 Å². The highest BCUT2D eigenvalue weighted by Crippen LogP contribution is 2.22. The molecule has 1 aromatic rings. The van der Waals surface area contributed by atoms with E-state index in [0.717, 1.165) is 10.6 Å². The van der Waals surface area contributed by atoms with Crippen molar-refractivity contribution in [3.8, 4) is 5.88 Å². The molecule has 9 nitrogen and oxygen atoms in total. The zero-order chi connectivity index (χ0) is 17.7. The molecule has 0 fully saturated rings. The van der Waals surface area contributed by atoms with Crippen LogP contribution in [0.25, 0.3) is 0 Å².